The van der Waals surface area contributed by atoms with E-state index < -0.39 is 5.60 Å². The molecule has 2 rings (SSSR count). The first-order chi connectivity index (χ1) is 9.07. The van der Waals surface area contributed by atoms with Crippen LogP contribution in [0.5, 0.6) is 0 Å². The molecule has 106 valence electrons. The van der Waals surface area contributed by atoms with Gasteiger partial charge in [-0.2, -0.15) is 0 Å². The average Bonchev–Trinajstić information content (AvgIpc) is 2.71. The first kappa shape index (κ1) is 14.0. The van der Waals surface area contributed by atoms with E-state index in [1.807, 2.05) is 6.92 Å². The number of nitrogens with one attached hydrogen (secondary N) is 1. The first-order valence-electron chi connectivity index (χ1n) is 6.74. The quantitative estimate of drug-likeness (QED) is 0.735. The Hall–Kier alpha value is -1.40. The molecule has 1 aliphatic rings. The van der Waals surface area contributed by atoms with Crippen LogP contribution in [0.3, 0.4) is 0 Å². The van der Waals surface area contributed by atoms with Gasteiger partial charge < -0.3 is 20.9 Å². The Morgan fingerprint density at radius 2 is 2.37 bits per heavy atom. The highest BCUT2D eigenvalue weighted by Gasteiger charge is 2.39. The minimum absolute atomic E-state index is 0.172. The van der Waals surface area contributed by atoms with Crippen molar-refractivity contribution < 1.29 is 9.84 Å². The Kier molecular flexibility index (Phi) is 4.21. The van der Waals surface area contributed by atoms with Gasteiger partial charge in [0.25, 0.3) is 0 Å². The number of nitrogens with two attached hydrogens (primary N) is 1. The maximum Gasteiger partial charge on any atom is 0.134 e. The zero-order chi connectivity index (χ0) is 13.9. The second kappa shape index (κ2) is 5.71. The van der Waals surface area contributed by atoms with Crippen LogP contribution in [-0.4, -0.2) is 39.9 Å². The van der Waals surface area contributed by atoms with Gasteiger partial charge >= 0.3 is 0 Å². The van der Waals surface area contributed by atoms with Gasteiger partial charge in [-0.05, 0) is 13.3 Å². The summed E-state index contributed by atoms with van der Waals surface area (Å²) in [5.41, 5.74) is 5.95. The van der Waals surface area contributed by atoms with Gasteiger partial charge in [0.2, 0.25) is 0 Å². The van der Waals surface area contributed by atoms with E-state index in [1.54, 1.807) is 0 Å². The number of nitrogens with zero attached hydrogens (tertiary/aromatic N) is 2. The van der Waals surface area contributed by atoms with Crippen molar-refractivity contribution in [2.75, 3.05) is 24.2 Å². The molecule has 1 aromatic rings. The lowest BCUT2D eigenvalue weighted by Crippen LogP contribution is -2.43. The van der Waals surface area contributed by atoms with Crippen LogP contribution in [0.1, 0.15) is 32.3 Å². The molecule has 0 aromatic carbocycles. The summed E-state index contributed by atoms with van der Waals surface area (Å²) in [4.78, 5) is 8.23. The lowest BCUT2D eigenvalue weighted by Gasteiger charge is -2.27. The smallest absolute Gasteiger partial charge is 0.134 e. The topological polar surface area (TPSA) is 93.3 Å². The standard InChI is InChI=1S/C13H22N4O2/c1-3-4-10-11(14)16-8-17-12(10)15-7-13(18)5-6-19-9(13)2/h8-9,18H,3-7H2,1-2H3,(H3,14,15,16,17). The summed E-state index contributed by atoms with van der Waals surface area (Å²) in [6, 6.07) is 0. The van der Waals surface area contributed by atoms with Crippen LogP contribution in [0.4, 0.5) is 11.6 Å². The highest BCUT2D eigenvalue weighted by Crippen LogP contribution is 2.27. The van der Waals surface area contributed by atoms with Crippen molar-refractivity contribution in [1.82, 2.24) is 9.97 Å². The van der Waals surface area contributed by atoms with E-state index >= 15 is 0 Å². The van der Waals surface area contributed by atoms with Crippen LogP contribution >= 0.6 is 0 Å². The zero-order valence-corrected chi connectivity index (χ0v) is 11.5. The van der Waals surface area contributed by atoms with Crippen LogP contribution in [0, 0.1) is 0 Å². The molecule has 0 spiro atoms. The highest BCUT2D eigenvalue weighted by atomic mass is 16.5. The van der Waals surface area contributed by atoms with E-state index in [0.717, 1.165) is 18.4 Å². The van der Waals surface area contributed by atoms with Crippen LogP contribution in [0.25, 0.3) is 0 Å². The third kappa shape index (κ3) is 2.96. The van der Waals surface area contributed by atoms with Gasteiger partial charge in [-0.3, -0.25) is 0 Å². The van der Waals surface area contributed by atoms with Gasteiger partial charge in [-0.15, -0.1) is 0 Å². The number of aromatic nitrogens is 2. The van der Waals surface area contributed by atoms with Gasteiger partial charge in [-0.25, -0.2) is 9.97 Å². The average molecular weight is 266 g/mol. The number of ether oxygens (including phenoxy) is 1. The van der Waals surface area contributed by atoms with Crippen molar-refractivity contribution in [3.63, 3.8) is 0 Å². The number of nitrogen functional groups attached to an aromatic ring is 1. The molecule has 0 bridgehead atoms. The molecule has 2 heterocycles. The maximum absolute atomic E-state index is 10.4. The van der Waals surface area contributed by atoms with Crippen LogP contribution < -0.4 is 11.1 Å². The molecular weight excluding hydrogens is 244 g/mol. The number of hydrogen-bond acceptors (Lipinski definition) is 6. The minimum atomic E-state index is -0.844. The number of aliphatic hydroxyl groups is 1. The van der Waals surface area contributed by atoms with Crippen molar-refractivity contribution >= 4 is 11.6 Å². The van der Waals surface area contributed by atoms with E-state index in [2.05, 4.69) is 22.2 Å². The second-order valence-electron chi connectivity index (χ2n) is 5.06. The van der Waals surface area contributed by atoms with E-state index in [4.69, 9.17) is 10.5 Å². The molecule has 2 unspecified atom stereocenters. The molecule has 19 heavy (non-hydrogen) atoms. The van der Waals surface area contributed by atoms with Crippen molar-refractivity contribution in [2.24, 2.45) is 0 Å². The van der Waals surface area contributed by atoms with Crippen LogP contribution in [0.2, 0.25) is 0 Å². The monoisotopic (exact) mass is 266 g/mol. The fraction of sp³-hybridized carbons (Fsp3) is 0.692. The lowest BCUT2D eigenvalue weighted by atomic mass is 9.96. The lowest BCUT2D eigenvalue weighted by molar-refractivity contribution is -0.0176. The molecule has 1 fully saturated rings. The third-order valence-electron chi connectivity index (χ3n) is 3.70. The fourth-order valence-corrected chi connectivity index (χ4v) is 2.31. The van der Waals surface area contributed by atoms with Gasteiger partial charge in [0.1, 0.15) is 23.6 Å². The summed E-state index contributed by atoms with van der Waals surface area (Å²) < 4.78 is 5.41. The molecule has 0 radical (unpaired) electrons. The summed E-state index contributed by atoms with van der Waals surface area (Å²) in [6.45, 7) is 4.96. The molecule has 0 amide bonds. The number of anilines is 2. The molecule has 6 nitrogen and oxygen atoms in total. The number of rotatable bonds is 5. The van der Waals surface area contributed by atoms with E-state index in [-0.39, 0.29) is 6.10 Å². The Morgan fingerprint density at radius 3 is 3.00 bits per heavy atom. The summed E-state index contributed by atoms with van der Waals surface area (Å²) in [7, 11) is 0. The Bertz CT molecular complexity index is 441. The summed E-state index contributed by atoms with van der Waals surface area (Å²) in [6.07, 6.45) is 3.68. The summed E-state index contributed by atoms with van der Waals surface area (Å²) in [5.74, 6) is 1.21. The summed E-state index contributed by atoms with van der Waals surface area (Å²) >= 11 is 0. The molecule has 1 aliphatic heterocycles. The normalized spacial score (nSPS) is 26.6. The van der Waals surface area contributed by atoms with Crippen molar-refractivity contribution in [2.45, 2.75) is 44.8 Å². The van der Waals surface area contributed by atoms with Gasteiger partial charge in [0, 0.05) is 25.1 Å². The molecule has 2 atom stereocenters. The van der Waals surface area contributed by atoms with Gasteiger partial charge in [0.05, 0.1) is 6.10 Å². The predicted molar refractivity (Wildman–Crippen MR) is 73.9 cm³/mol. The summed E-state index contributed by atoms with van der Waals surface area (Å²) in [5, 5.41) is 13.6. The highest BCUT2D eigenvalue weighted by molar-refractivity contribution is 5.55. The largest absolute Gasteiger partial charge is 0.385 e. The van der Waals surface area contributed by atoms with Crippen LogP contribution in [-0.2, 0) is 11.2 Å². The Balaban J connectivity index is 2.09. The molecule has 0 aliphatic carbocycles. The zero-order valence-electron chi connectivity index (χ0n) is 11.5. The third-order valence-corrected chi connectivity index (χ3v) is 3.70. The SMILES string of the molecule is CCCc1c(N)ncnc1NCC1(O)CCOC1C. The van der Waals surface area contributed by atoms with E-state index in [0.29, 0.717) is 31.2 Å². The Morgan fingerprint density at radius 1 is 1.58 bits per heavy atom. The maximum atomic E-state index is 10.4. The fourth-order valence-electron chi connectivity index (χ4n) is 2.31. The molecule has 1 aromatic heterocycles. The minimum Gasteiger partial charge on any atom is -0.385 e. The molecule has 0 saturated carbocycles. The van der Waals surface area contributed by atoms with Gasteiger partial charge in [0.15, 0.2) is 0 Å². The second-order valence-corrected chi connectivity index (χ2v) is 5.06. The molecule has 6 heteroatoms. The predicted octanol–water partition coefficient (Wildman–Crippen LogP) is 0.963. The van der Waals surface area contributed by atoms with Crippen molar-refractivity contribution in [3.8, 4) is 0 Å². The Labute approximate surface area is 113 Å². The van der Waals surface area contributed by atoms with E-state index in [1.165, 1.54) is 6.33 Å². The number of hydrogen-bond donors (Lipinski definition) is 3. The first-order valence-corrected chi connectivity index (χ1v) is 6.74. The molecular formula is C13H22N4O2. The van der Waals surface area contributed by atoms with E-state index in [9.17, 15) is 5.11 Å². The van der Waals surface area contributed by atoms with Crippen molar-refractivity contribution in [1.29, 1.82) is 0 Å². The van der Waals surface area contributed by atoms with Crippen molar-refractivity contribution in [3.05, 3.63) is 11.9 Å². The van der Waals surface area contributed by atoms with Gasteiger partial charge in [-0.1, -0.05) is 13.3 Å². The molecule has 1 saturated heterocycles. The molecule has 4 N–H and O–H groups in total. The van der Waals surface area contributed by atoms with Crippen LogP contribution in [0.15, 0.2) is 6.33 Å².